The highest BCUT2D eigenvalue weighted by Crippen LogP contribution is 2.28. The van der Waals surface area contributed by atoms with Crippen LogP contribution in [-0.4, -0.2) is 47.4 Å². The first-order chi connectivity index (χ1) is 20.1. The number of nitrogens with zero attached hydrogens (tertiary/aromatic N) is 1. The van der Waals surface area contributed by atoms with Crippen molar-refractivity contribution >= 4 is 12.2 Å². The van der Waals surface area contributed by atoms with Crippen molar-refractivity contribution in [1.82, 2.24) is 10.2 Å². The average molecular weight is 581 g/mol. The number of nitrogens with one attached hydrogen (secondary N) is 1. The topological polar surface area (TPSA) is 77.1 Å². The van der Waals surface area contributed by atoms with Crippen molar-refractivity contribution in [2.24, 2.45) is 0 Å². The molecule has 4 rings (SSSR count). The molecule has 224 valence electrons. The third-order valence-electron chi connectivity index (χ3n) is 6.88. The number of alkyl carbamates (subject to hydrolysis) is 1. The predicted molar refractivity (Wildman–Crippen MR) is 155 cm³/mol. The molecule has 0 radical (unpaired) electrons. The van der Waals surface area contributed by atoms with Crippen LogP contribution in [0, 0.1) is 11.6 Å². The summed E-state index contributed by atoms with van der Waals surface area (Å²) < 4.78 is 46.0. The van der Waals surface area contributed by atoms with Gasteiger partial charge in [-0.25, -0.2) is 18.4 Å². The molecule has 7 nitrogen and oxygen atoms in total. The molecule has 1 aliphatic heterocycles. The Bertz CT molecular complexity index is 1300. The van der Waals surface area contributed by atoms with Gasteiger partial charge in [-0.1, -0.05) is 60.7 Å². The van der Waals surface area contributed by atoms with E-state index in [-0.39, 0.29) is 19.6 Å². The van der Waals surface area contributed by atoms with Gasteiger partial charge in [-0.3, -0.25) is 0 Å². The smallest absolute Gasteiger partial charge is 0.410 e. The van der Waals surface area contributed by atoms with E-state index >= 15 is 0 Å². The van der Waals surface area contributed by atoms with E-state index in [9.17, 15) is 18.4 Å². The molecule has 3 atom stereocenters. The fraction of sp³-hybridized carbons (Fsp3) is 0.394. The zero-order chi connectivity index (χ0) is 30.1. The maximum Gasteiger partial charge on any atom is 0.410 e. The molecule has 0 bridgehead atoms. The molecule has 0 saturated carbocycles. The fourth-order valence-corrected chi connectivity index (χ4v) is 5.09. The third kappa shape index (κ3) is 9.27. The molecule has 1 fully saturated rings. The minimum Gasteiger partial charge on any atom is -0.445 e. The second-order valence-corrected chi connectivity index (χ2v) is 11.4. The van der Waals surface area contributed by atoms with Crippen LogP contribution in [0.2, 0.25) is 0 Å². The summed E-state index contributed by atoms with van der Waals surface area (Å²) in [4.78, 5) is 28.0. The lowest BCUT2D eigenvalue weighted by molar-refractivity contribution is -0.0414. The molecule has 3 aromatic rings. The Labute approximate surface area is 245 Å². The van der Waals surface area contributed by atoms with Crippen LogP contribution in [0.15, 0.2) is 78.9 Å². The number of amides is 2. The fourth-order valence-electron chi connectivity index (χ4n) is 5.09. The summed E-state index contributed by atoms with van der Waals surface area (Å²) >= 11 is 0. The van der Waals surface area contributed by atoms with Crippen LogP contribution >= 0.6 is 0 Å². The van der Waals surface area contributed by atoms with E-state index in [0.29, 0.717) is 24.9 Å². The third-order valence-corrected chi connectivity index (χ3v) is 6.88. The van der Waals surface area contributed by atoms with Gasteiger partial charge in [0, 0.05) is 12.6 Å². The van der Waals surface area contributed by atoms with Crippen molar-refractivity contribution in [3.8, 4) is 0 Å². The highest BCUT2D eigenvalue weighted by atomic mass is 19.1. The van der Waals surface area contributed by atoms with E-state index in [1.807, 2.05) is 60.7 Å². The van der Waals surface area contributed by atoms with Gasteiger partial charge in [0.1, 0.15) is 23.8 Å². The van der Waals surface area contributed by atoms with Gasteiger partial charge in [0.25, 0.3) is 0 Å². The molecule has 0 aliphatic carbocycles. The molecular formula is C33H38F2N2O5. The van der Waals surface area contributed by atoms with Crippen LogP contribution < -0.4 is 5.32 Å². The number of benzene rings is 3. The lowest BCUT2D eigenvalue weighted by atomic mass is 9.94. The summed E-state index contributed by atoms with van der Waals surface area (Å²) in [6.45, 7) is 6.07. The summed E-state index contributed by atoms with van der Waals surface area (Å²) in [7, 11) is 0. The second-order valence-electron chi connectivity index (χ2n) is 11.4. The SMILES string of the molecule is CC(C)(C)OC(=O)N1CCC[C@H]1[C@@H](OCc1ccccc1)[C@H](Cc1cc(F)cc(F)c1)NC(=O)OCc1ccccc1. The van der Waals surface area contributed by atoms with Gasteiger partial charge in [-0.2, -0.15) is 0 Å². The van der Waals surface area contributed by atoms with E-state index < -0.39 is 47.6 Å². The zero-order valence-electron chi connectivity index (χ0n) is 24.2. The number of hydrogen-bond donors (Lipinski definition) is 1. The normalized spacial score (nSPS) is 16.5. The molecule has 1 heterocycles. The van der Waals surface area contributed by atoms with Crippen molar-refractivity contribution in [3.05, 3.63) is 107 Å². The molecule has 3 aromatic carbocycles. The quantitative estimate of drug-likeness (QED) is 0.286. The van der Waals surface area contributed by atoms with E-state index in [0.717, 1.165) is 17.2 Å². The van der Waals surface area contributed by atoms with Gasteiger partial charge in [0.15, 0.2) is 0 Å². The van der Waals surface area contributed by atoms with Crippen molar-refractivity contribution in [2.45, 2.75) is 77.0 Å². The Morgan fingerprint density at radius 2 is 1.50 bits per heavy atom. The molecular weight excluding hydrogens is 542 g/mol. The van der Waals surface area contributed by atoms with Crippen LogP contribution in [0.1, 0.15) is 50.3 Å². The molecule has 0 aromatic heterocycles. The molecule has 1 aliphatic rings. The number of likely N-dealkylation sites (tertiary alicyclic amines) is 1. The van der Waals surface area contributed by atoms with Crippen LogP contribution in [0.25, 0.3) is 0 Å². The summed E-state index contributed by atoms with van der Waals surface area (Å²) in [6, 6.07) is 20.7. The molecule has 0 unspecified atom stereocenters. The second kappa shape index (κ2) is 14.3. The van der Waals surface area contributed by atoms with Crippen LogP contribution in [0.4, 0.5) is 18.4 Å². The highest BCUT2D eigenvalue weighted by molar-refractivity contribution is 5.69. The largest absolute Gasteiger partial charge is 0.445 e. The van der Waals surface area contributed by atoms with Crippen molar-refractivity contribution in [2.75, 3.05) is 6.54 Å². The highest BCUT2D eigenvalue weighted by Gasteiger charge is 2.42. The predicted octanol–water partition coefficient (Wildman–Crippen LogP) is 6.79. The van der Waals surface area contributed by atoms with Gasteiger partial charge in [0.05, 0.1) is 24.8 Å². The Morgan fingerprint density at radius 3 is 2.10 bits per heavy atom. The van der Waals surface area contributed by atoms with Gasteiger partial charge in [0.2, 0.25) is 0 Å². The number of ether oxygens (including phenoxy) is 3. The molecule has 0 spiro atoms. The monoisotopic (exact) mass is 580 g/mol. The summed E-state index contributed by atoms with van der Waals surface area (Å²) in [5.74, 6) is -1.46. The number of halogens is 2. The Morgan fingerprint density at radius 1 is 0.905 bits per heavy atom. The number of carbonyl (C=O) groups excluding carboxylic acids is 2. The van der Waals surface area contributed by atoms with E-state index in [1.54, 1.807) is 25.7 Å². The maximum absolute atomic E-state index is 14.2. The van der Waals surface area contributed by atoms with Crippen molar-refractivity contribution < 1.29 is 32.6 Å². The van der Waals surface area contributed by atoms with E-state index in [1.165, 1.54) is 12.1 Å². The average Bonchev–Trinajstić information content (AvgIpc) is 3.42. The standard InChI is InChI=1S/C33H38F2N2O5/c1-33(2,3)42-32(39)37-16-10-15-29(37)30(40-21-23-11-6-4-7-12-23)28(19-25-17-26(34)20-27(35)18-25)36-31(38)41-22-24-13-8-5-9-14-24/h4-9,11-14,17-18,20,28-30H,10,15-16,19,21-22H2,1-3H3,(H,36,38)/t28-,29-,30-/m0/s1. The molecule has 1 saturated heterocycles. The van der Waals surface area contributed by atoms with Crippen molar-refractivity contribution in [3.63, 3.8) is 0 Å². The summed E-state index contributed by atoms with van der Waals surface area (Å²) in [5, 5.41) is 2.89. The first kappa shape index (κ1) is 31.0. The lowest BCUT2D eigenvalue weighted by Crippen LogP contribution is -2.56. The van der Waals surface area contributed by atoms with Crippen LogP contribution in [-0.2, 0) is 33.8 Å². The maximum atomic E-state index is 14.2. The Kier molecular flexibility index (Phi) is 10.5. The minimum atomic E-state index is -0.800. The van der Waals surface area contributed by atoms with Gasteiger partial charge < -0.3 is 24.4 Å². The Hall–Kier alpha value is -3.98. The first-order valence-corrected chi connectivity index (χ1v) is 14.1. The van der Waals surface area contributed by atoms with E-state index in [2.05, 4.69) is 5.32 Å². The summed E-state index contributed by atoms with van der Waals surface area (Å²) in [5.41, 5.74) is 1.32. The first-order valence-electron chi connectivity index (χ1n) is 14.1. The molecule has 9 heteroatoms. The minimum absolute atomic E-state index is 0.0350. The molecule has 2 amide bonds. The van der Waals surface area contributed by atoms with Gasteiger partial charge >= 0.3 is 12.2 Å². The molecule has 42 heavy (non-hydrogen) atoms. The van der Waals surface area contributed by atoms with Gasteiger partial charge in [-0.05, 0) is 68.9 Å². The van der Waals surface area contributed by atoms with Crippen molar-refractivity contribution in [1.29, 1.82) is 0 Å². The Balaban J connectivity index is 1.64. The van der Waals surface area contributed by atoms with E-state index in [4.69, 9.17) is 14.2 Å². The number of rotatable bonds is 10. The molecule has 1 N–H and O–H groups in total. The number of hydrogen-bond acceptors (Lipinski definition) is 5. The zero-order valence-corrected chi connectivity index (χ0v) is 24.2. The number of carbonyl (C=O) groups is 2. The lowest BCUT2D eigenvalue weighted by Gasteiger charge is -2.37. The summed E-state index contributed by atoms with van der Waals surface area (Å²) in [6.07, 6.45) is -0.623. The van der Waals surface area contributed by atoms with Crippen LogP contribution in [0.5, 0.6) is 0 Å². The van der Waals surface area contributed by atoms with Gasteiger partial charge in [-0.15, -0.1) is 0 Å². The van der Waals surface area contributed by atoms with Crippen LogP contribution in [0.3, 0.4) is 0 Å².